The van der Waals surface area contributed by atoms with E-state index in [4.69, 9.17) is 5.73 Å². The van der Waals surface area contributed by atoms with E-state index in [1.807, 2.05) is 11.5 Å². The van der Waals surface area contributed by atoms with Crippen molar-refractivity contribution in [3.05, 3.63) is 12.0 Å². The number of anilines is 1. The molecule has 0 bridgehead atoms. The highest BCUT2D eigenvalue weighted by molar-refractivity contribution is 5.74. The van der Waals surface area contributed by atoms with E-state index in [1.54, 1.807) is 6.33 Å². The monoisotopic (exact) mass is 263 g/mol. The van der Waals surface area contributed by atoms with Crippen molar-refractivity contribution in [1.29, 1.82) is 0 Å². The minimum atomic E-state index is -0.479. The third-order valence-electron chi connectivity index (χ3n) is 3.87. The van der Waals surface area contributed by atoms with Crippen molar-refractivity contribution in [2.24, 2.45) is 5.92 Å². The molecule has 0 aliphatic heterocycles. The maximum Gasteiger partial charge on any atom is 0.222 e. The van der Waals surface area contributed by atoms with Crippen molar-refractivity contribution >= 4 is 17.1 Å². The lowest BCUT2D eigenvalue weighted by Crippen LogP contribution is -2.16. The Kier molecular flexibility index (Phi) is 2.87. The number of aliphatic hydroxyl groups is 2. The molecule has 0 aromatic carbocycles. The fourth-order valence-electron chi connectivity index (χ4n) is 2.84. The van der Waals surface area contributed by atoms with E-state index in [2.05, 4.69) is 15.0 Å². The summed E-state index contributed by atoms with van der Waals surface area (Å²) >= 11 is 0. The average molecular weight is 263 g/mol. The number of aryl methyl sites for hydroxylation is 1. The van der Waals surface area contributed by atoms with Gasteiger partial charge in [0.2, 0.25) is 5.95 Å². The van der Waals surface area contributed by atoms with Crippen molar-refractivity contribution in [2.45, 2.75) is 31.9 Å². The van der Waals surface area contributed by atoms with Crippen molar-refractivity contribution in [1.82, 2.24) is 19.5 Å². The van der Waals surface area contributed by atoms with E-state index in [-0.39, 0.29) is 24.5 Å². The number of nitrogens with zero attached hydrogens (tertiary/aromatic N) is 4. The van der Waals surface area contributed by atoms with Crippen molar-refractivity contribution in [2.75, 3.05) is 12.3 Å². The summed E-state index contributed by atoms with van der Waals surface area (Å²) in [5, 5.41) is 19.1. The van der Waals surface area contributed by atoms with Gasteiger partial charge in [0.05, 0.1) is 18.1 Å². The van der Waals surface area contributed by atoms with Crippen LogP contribution in [0.1, 0.15) is 24.6 Å². The van der Waals surface area contributed by atoms with E-state index in [0.717, 1.165) is 11.2 Å². The Bertz CT molecular complexity index is 611. The summed E-state index contributed by atoms with van der Waals surface area (Å²) in [4.78, 5) is 12.6. The van der Waals surface area contributed by atoms with Crippen LogP contribution in [-0.4, -0.2) is 42.4 Å². The van der Waals surface area contributed by atoms with Gasteiger partial charge in [0.15, 0.2) is 5.65 Å². The normalized spacial score (nSPS) is 27.2. The number of hydrogen-bond donors (Lipinski definition) is 3. The zero-order valence-electron chi connectivity index (χ0n) is 10.7. The summed E-state index contributed by atoms with van der Waals surface area (Å²) in [6.45, 7) is 1.85. The summed E-state index contributed by atoms with van der Waals surface area (Å²) in [5.74, 6) is 0.145. The van der Waals surface area contributed by atoms with Crippen molar-refractivity contribution in [3.8, 4) is 0 Å². The summed E-state index contributed by atoms with van der Waals surface area (Å²) < 4.78 is 1.93. The number of imidazole rings is 1. The molecule has 0 radical (unpaired) electrons. The van der Waals surface area contributed by atoms with Gasteiger partial charge in [-0.15, -0.1) is 0 Å². The molecule has 7 nitrogen and oxygen atoms in total. The molecule has 102 valence electrons. The standard InChI is InChI=1S/C12H17N5O2/c1-6-10-11(16-12(13)15-6)17(5-14-10)8-2-7(4-18)9(19)3-8/h5,7-9,18-19H,2-4H2,1H3,(H2,13,15,16)/t7-,8-,9+/m1/s1. The highest BCUT2D eigenvalue weighted by Gasteiger charge is 2.34. The first-order chi connectivity index (χ1) is 9.10. The predicted molar refractivity (Wildman–Crippen MR) is 69.3 cm³/mol. The van der Waals surface area contributed by atoms with E-state index in [1.165, 1.54) is 0 Å². The van der Waals surface area contributed by atoms with E-state index >= 15 is 0 Å². The fraction of sp³-hybridized carbons (Fsp3) is 0.583. The molecule has 0 unspecified atom stereocenters. The number of hydrogen-bond acceptors (Lipinski definition) is 6. The highest BCUT2D eigenvalue weighted by atomic mass is 16.3. The van der Waals surface area contributed by atoms with Gasteiger partial charge in [-0.05, 0) is 19.8 Å². The second-order valence-corrected chi connectivity index (χ2v) is 5.13. The van der Waals surface area contributed by atoms with Gasteiger partial charge in [-0.2, -0.15) is 4.98 Å². The number of nitrogens with two attached hydrogens (primary N) is 1. The van der Waals surface area contributed by atoms with E-state index < -0.39 is 6.10 Å². The van der Waals surface area contributed by atoms with Gasteiger partial charge in [-0.1, -0.05) is 0 Å². The summed E-state index contributed by atoms with van der Waals surface area (Å²) in [7, 11) is 0. The molecule has 19 heavy (non-hydrogen) atoms. The van der Waals surface area contributed by atoms with E-state index in [9.17, 15) is 10.2 Å². The first-order valence-corrected chi connectivity index (χ1v) is 6.35. The second kappa shape index (κ2) is 4.43. The van der Waals surface area contributed by atoms with Gasteiger partial charge < -0.3 is 20.5 Å². The van der Waals surface area contributed by atoms with Gasteiger partial charge in [-0.3, -0.25) is 0 Å². The number of fused-ring (bicyclic) bond motifs is 1. The zero-order valence-corrected chi connectivity index (χ0v) is 10.7. The molecule has 7 heteroatoms. The number of aromatic nitrogens is 4. The number of rotatable bonds is 2. The van der Waals surface area contributed by atoms with E-state index in [0.29, 0.717) is 18.5 Å². The summed E-state index contributed by atoms with van der Waals surface area (Å²) in [6.07, 6.45) is 2.54. The molecular formula is C12H17N5O2. The van der Waals surface area contributed by atoms with Gasteiger partial charge >= 0.3 is 0 Å². The molecule has 0 saturated heterocycles. The second-order valence-electron chi connectivity index (χ2n) is 5.13. The van der Waals surface area contributed by atoms with Crippen LogP contribution in [0, 0.1) is 12.8 Å². The molecule has 0 amide bonds. The van der Waals surface area contributed by atoms with Crippen LogP contribution in [0.5, 0.6) is 0 Å². The lowest BCUT2D eigenvalue weighted by atomic mass is 10.1. The molecule has 0 spiro atoms. The molecular weight excluding hydrogens is 246 g/mol. The Morgan fingerprint density at radius 3 is 2.89 bits per heavy atom. The maximum atomic E-state index is 9.89. The van der Waals surface area contributed by atoms with Crippen molar-refractivity contribution in [3.63, 3.8) is 0 Å². The molecule has 2 aromatic heterocycles. The molecule has 2 aromatic rings. The molecule has 1 saturated carbocycles. The van der Waals surface area contributed by atoms with Crippen LogP contribution in [0.2, 0.25) is 0 Å². The minimum Gasteiger partial charge on any atom is -0.396 e. The Morgan fingerprint density at radius 2 is 2.21 bits per heavy atom. The zero-order chi connectivity index (χ0) is 13.6. The maximum absolute atomic E-state index is 9.89. The highest BCUT2D eigenvalue weighted by Crippen LogP contribution is 2.36. The topological polar surface area (TPSA) is 110 Å². The average Bonchev–Trinajstić information content (AvgIpc) is 2.92. The van der Waals surface area contributed by atoms with Crippen LogP contribution in [0.25, 0.3) is 11.2 Å². The lowest BCUT2D eigenvalue weighted by Gasteiger charge is -2.12. The molecule has 1 aliphatic carbocycles. The predicted octanol–water partition coefficient (Wildman–Crippen LogP) is 0.0212. The Hall–Kier alpha value is -1.73. The van der Waals surface area contributed by atoms with Gasteiger partial charge in [0.25, 0.3) is 0 Å². The van der Waals surface area contributed by atoms with Crippen LogP contribution in [0.3, 0.4) is 0 Å². The summed E-state index contributed by atoms with van der Waals surface area (Å²) in [5.41, 5.74) is 7.86. The third-order valence-corrected chi connectivity index (χ3v) is 3.87. The minimum absolute atomic E-state index is 0.000444. The molecule has 1 aliphatic rings. The molecule has 4 N–H and O–H groups in total. The number of aliphatic hydroxyl groups excluding tert-OH is 2. The quantitative estimate of drug-likeness (QED) is 0.704. The van der Waals surface area contributed by atoms with Gasteiger partial charge in [0, 0.05) is 18.6 Å². The lowest BCUT2D eigenvalue weighted by molar-refractivity contribution is 0.0906. The SMILES string of the molecule is Cc1nc(N)nc2c1ncn2[C@@H]1C[C@H](CO)[C@@H](O)C1. The number of nitrogen functional groups attached to an aromatic ring is 1. The summed E-state index contributed by atoms with van der Waals surface area (Å²) in [6, 6.07) is 0.0887. The van der Waals surface area contributed by atoms with Gasteiger partial charge in [-0.25, -0.2) is 9.97 Å². The third kappa shape index (κ3) is 1.95. The first kappa shape index (κ1) is 12.3. The van der Waals surface area contributed by atoms with Crippen LogP contribution in [0.4, 0.5) is 5.95 Å². The molecule has 3 atom stereocenters. The Morgan fingerprint density at radius 1 is 1.42 bits per heavy atom. The molecule has 3 rings (SSSR count). The largest absolute Gasteiger partial charge is 0.396 e. The van der Waals surface area contributed by atoms with Crippen LogP contribution in [-0.2, 0) is 0 Å². The Balaban J connectivity index is 2.02. The van der Waals surface area contributed by atoms with Crippen molar-refractivity contribution < 1.29 is 10.2 Å². The molecule has 1 fully saturated rings. The first-order valence-electron chi connectivity index (χ1n) is 6.35. The molecule has 2 heterocycles. The van der Waals surface area contributed by atoms with Crippen LogP contribution < -0.4 is 5.73 Å². The van der Waals surface area contributed by atoms with Crippen LogP contribution >= 0.6 is 0 Å². The fourth-order valence-corrected chi connectivity index (χ4v) is 2.84. The Labute approximate surface area is 110 Å². The van der Waals surface area contributed by atoms with Crippen LogP contribution in [0.15, 0.2) is 6.33 Å². The smallest absolute Gasteiger partial charge is 0.222 e. The van der Waals surface area contributed by atoms with Gasteiger partial charge in [0.1, 0.15) is 5.52 Å².